The van der Waals surface area contributed by atoms with Crippen molar-refractivity contribution in [1.82, 2.24) is 9.13 Å². The highest BCUT2D eigenvalue weighted by molar-refractivity contribution is 6.11. The molecule has 0 atom stereocenters. The Morgan fingerprint density at radius 1 is 0.500 bits per heavy atom. The summed E-state index contributed by atoms with van der Waals surface area (Å²) in [4.78, 5) is 4.01. The highest BCUT2D eigenvalue weighted by Crippen LogP contribution is 2.42. The van der Waals surface area contributed by atoms with Gasteiger partial charge in [0.05, 0.1) is 40.3 Å². The molecule has 0 fully saturated rings. The first-order valence-corrected chi connectivity index (χ1v) is 16.3. The zero-order chi connectivity index (χ0) is 33.4. The lowest BCUT2D eigenvalue weighted by atomic mass is 9.94. The van der Waals surface area contributed by atoms with Crippen molar-refractivity contribution in [1.29, 1.82) is 5.26 Å². The van der Waals surface area contributed by atoms with E-state index < -0.39 is 0 Å². The molecule has 6 aromatic carbocycles. The van der Waals surface area contributed by atoms with Crippen LogP contribution < -0.4 is 0 Å². The van der Waals surface area contributed by atoms with Gasteiger partial charge in [-0.3, -0.25) is 0 Å². The summed E-state index contributed by atoms with van der Waals surface area (Å²) in [7, 11) is 0. The Hall–Kier alpha value is -6.10. The van der Waals surface area contributed by atoms with Crippen LogP contribution in [-0.2, 0) is 0 Å². The molecule has 0 amide bonds. The topological polar surface area (TPSA) is 38.0 Å². The molecule has 0 saturated carbocycles. The molecule has 0 radical (unpaired) electrons. The van der Waals surface area contributed by atoms with E-state index in [2.05, 4.69) is 147 Å². The normalized spacial score (nSPS) is 11.5. The fourth-order valence-electron chi connectivity index (χ4n) is 7.50. The lowest BCUT2D eigenvalue weighted by molar-refractivity contribution is 1.14. The van der Waals surface area contributed by atoms with Crippen molar-refractivity contribution < 1.29 is 0 Å². The van der Waals surface area contributed by atoms with E-state index in [4.69, 9.17) is 6.57 Å². The number of fused-ring (bicyclic) bond motifs is 6. The SMILES string of the molecule is [C-]#[N+]c1cc(C)c(-n2c3ccc(C)cc3c3cc(C)ccc32)cc1-c1cc(-n2c3ccc(C)cc3c3cc(C)ccc32)c(C)cc1C#N. The molecule has 2 aromatic heterocycles. The molecule has 0 saturated heterocycles. The van der Waals surface area contributed by atoms with E-state index in [0.29, 0.717) is 11.3 Å². The molecule has 4 heteroatoms. The summed E-state index contributed by atoms with van der Waals surface area (Å²) < 4.78 is 4.63. The number of nitriles is 1. The predicted octanol–water partition coefficient (Wildman–Crippen LogP) is 11.8. The van der Waals surface area contributed by atoms with Crippen molar-refractivity contribution in [2.75, 3.05) is 0 Å². The van der Waals surface area contributed by atoms with Gasteiger partial charge in [-0.1, -0.05) is 52.6 Å². The third kappa shape index (κ3) is 4.34. The van der Waals surface area contributed by atoms with Crippen LogP contribution in [0.4, 0.5) is 5.69 Å². The first kappa shape index (κ1) is 29.3. The highest BCUT2D eigenvalue weighted by atomic mass is 15.0. The Kier molecular flexibility index (Phi) is 6.55. The predicted molar refractivity (Wildman–Crippen MR) is 200 cm³/mol. The van der Waals surface area contributed by atoms with E-state index in [9.17, 15) is 5.26 Å². The third-order valence-electron chi connectivity index (χ3n) is 9.82. The number of hydrogen-bond acceptors (Lipinski definition) is 1. The molecule has 8 aromatic rings. The number of hydrogen-bond donors (Lipinski definition) is 0. The molecule has 0 bridgehead atoms. The molecule has 230 valence electrons. The second kappa shape index (κ2) is 10.7. The number of nitrogens with zero attached hydrogens (tertiary/aromatic N) is 4. The molecule has 2 heterocycles. The fourth-order valence-corrected chi connectivity index (χ4v) is 7.50. The lowest BCUT2D eigenvalue weighted by Gasteiger charge is -2.18. The van der Waals surface area contributed by atoms with Gasteiger partial charge < -0.3 is 9.13 Å². The minimum Gasteiger partial charge on any atom is -0.309 e. The van der Waals surface area contributed by atoms with Crippen molar-refractivity contribution in [2.45, 2.75) is 41.5 Å². The Morgan fingerprint density at radius 3 is 1.25 bits per heavy atom. The first-order valence-electron chi connectivity index (χ1n) is 16.3. The van der Waals surface area contributed by atoms with Crippen molar-refractivity contribution in [3.63, 3.8) is 0 Å². The maximum Gasteiger partial charge on any atom is 0.195 e. The van der Waals surface area contributed by atoms with Crippen LogP contribution in [0, 0.1) is 59.4 Å². The fraction of sp³-hybridized carbons (Fsp3) is 0.136. The smallest absolute Gasteiger partial charge is 0.195 e. The molecule has 0 spiro atoms. The van der Waals surface area contributed by atoms with E-state index in [1.54, 1.807) is 0 Å². The van der Waals surface area contributed by atoms with Crippen LogP contribution in [0.2, 0.25) is 0 Å². The van der Waals surface area contributed by atoms with Gasteiger partial charge in [0.25, 0.3) is 0 Å². The van der Waals surface area contributed by atoms with Crippen LogP contribution in [0.1, 0.15) is 38.9 Å². The minimum atomic E-state index is 0.531. The summed E-state index contributed by atoms with van der Waals surface area (Å²) in [5.41, 5.74) is 15.9. The van der Waals surface area contributed by atoms with Crippen molar-refractivity contribution in [3.05, 3.63) is 147 Å². The third-order valence-corrected chi connectivity index (χ3v) is 9.82. The van der Waals surface area contributed by atoms with Gasteiger partial charge in [0.15, 0.2) is 5.69 Å². The molecule has 48 heavy (non-hydrogen) atoms. The Morgan fingerprint density at radius 2 is 0.875 bits per heavy atom. The summed E-state index contributed by atoms with van der Waals surface area (Å²) in [5, 5.41) is 15.3. The van der Waals surface area contributed by atoms with E-state index in [-0.39, 0.29) is 0 Å². The van der Waals surface area contributed by atoms with E-state index >= 15 is 0 Å². The second-order valence-electron chi connectivity index (χ2n) is 13.3. The van der Waals surface area contributed by atoms with Crippen LogP contribution in [0.15, 0.2) is 97.1 Å². The Balaban J connectivity index is 1.44. The van der Waals surface area contributed by atoms with Gasteiger partial charge in [0, 0.05) is 32.9 Å². The summed E-state index contributed by atoms with van der Waals surface area (Å²) in [6, 6.07) is 37.1. The molecule has 0 aliphatic carbocycles. The van der Waals surface area contributed by atoms with Crippen molar-refractivity contribution in [3.8, 4) is 28.6 Å². The number of benzene rings is 6. The standard InChI is InChI=1S/C44H34N4/c1-25-8-12-39-34(16-25)35-17-26(2)9-13-40(35)47(39)43-22-32(31(24-45)20-29(43)5)33-23-44(30(6)21-38(33)46-7)48-41-14-10-27(3)18-36(41)37-19-28(4)11-15-42(37)48/h8-23H,1-6H3. The number of rotatable bonds is 3. The van der Waals surface area contributed by atoms with Crippen LogP contribution >= 0.6 is 0 Å². The zero-order valence-electron chi connectivity index (χ0n) is 28.0. The van der Waals surface area contributed by atoms with E-state index in [1.807, 2.05) is 12.1 Å². The van der Waals surface area contributed by atoms with Crippen molar-refractivity contribution in [2.24, 2.45) is 0 Å². The quantitative estimate of drug-likeness (QED) is 0.182. The van der Waals surface area contributed by atoms with Crippen molar-refractivity contribution >= 4 is 49.3 Å². The molecule has 4 nitrogen and oxygen atoms in total. The second-order valence-corrected chi connectivity index (χ2v) is 13.3. The lowest BCUT2D eigenvalue weighted by Crippen LogP contribution is -2.01. The molecule has 0 aliphatic rings. The Bertz CT molecular complexity index is 2450. The zero-order valence-corrected chi connectivity index (χ0v) is 28.0. The average Bonchev–Trinajstić information content (AvgIpc) is 3.55. The van der Waals surface area contributed by atoms with E-state index in [0.717, 1.165) is 55.7 Å². The van der Waals surface area contributed by atoms with Crippen LogP contribution in [0.3, 0.4) is 0 Å². The summed E-state index contributed by atoms with van der Waals surface area (Å²) >= 11 is 0. The maximum atomic E-state index is 10.5. The highest BCUT2D eigenvalue weighted by Gasteiger charge is 2.21. The van der Waals surface area contributed by atoms with Gasteiger partial charge in [-0.15, -0.1) is 0 Å². The van der Waals surface area contributed by atoms with Gasteiger partial charge in [-0.25, -0.2) is 4.85 Å². The van der Waals surface area contributed by atoms with Crippen LogP contribution in [-0.4, -0.2) is 9.13 Å². The molecule has 0 unspecified atom stereocenters. The summed E-state index contributed by atoms with van der Waals surface area (Å²) in [6.07, 6.45) is 0. The summed E-state index contributed by atoms with van der Waals surface area (Å²) in [6.45, 7) is 20.9. The molecular weight excluding hydrogens is 585 g/mol. The number of aryl methyl sites for hydroxylation is 6. The molecule has 0 aliphatic heterocycles. The minimum absolute atomic E-state index is 0.531. The molecule has 0 N–H and O–H groups in total. The maximum absolute atomic E-state index is 10.5. The first-order chi connectivity index (χ1) is 23.2. The largest absolute Gasteiger partial charge is 0.309 e. The summed E-state index contributed by atoms with van der Waals surface area (Å²) in [5.74, 6) is 0. The monoisotopic (exact) mass is 618 g/mol. The van der Waals surface area contributed by atoms with Crippen LogP contribution in [0.25, 0.3) is 71.0 Å². The van der Waals surface area contributed by atoms with Gasteiger partial charge >= 0.3 is 0 Å². The van der Waals surface area contributed by atoms with Gasteiger partial charge in [0.1, 0.15) is 0 Å². The van der Waals surface area contributed by atoms with Gasteiger partial charge in [0.2, 0.25) is 0 Å². The van der Waals surface area contributed by atoms with E-state index in [1.165, 1.54) is 43.8 Å². The number of aromatic nitrogens is 2. The van der Waals surface area contributed by atoms with Gasteiger partial charge in [-0.05, 0) is 131 Å². The molecular formula is C44H34N4. The Labute approximate surface area is 280 Å². The molecule has 8 rings (SSSR count). The van der Waals surface area contributed by atoms with Crippen LogP contribution in [0.5, 0.6) is 0 Å². The van der Waals surface area contributed by atoms with Gasteiger partial charge in [-0.2, -0.15) is 5.26 Å². The average molecular weight is 619 g/mol.